The summed E-state index contributed by atoms with van der Waals surface area (Å²) in [4.78, 5) is 10.4. The molecule has 0 heterocycles. The van der Waals surface area contributed by atoms with Crippen LogP contribution >= 0.6 is 0 Å². The Balaban J connectivity index is 4.22. The third kappa shape index (κ3) is 4.98. The zero-order chi connectivity index (χ0) is 10.3. The molecule has 0 aliphatic rings. The molecule has 0 aliphatic carbocycles. The van der Waals surface area contributed by atoms with Gasteiger partial charge in [0.05, 0.1) is 0 Å². The lowest BCUT2D eigenvalue weighted by Crippen LogP contribution is -2.30. The fraction of sp³-hybridized carbons (Fsp3) is 0.300. The van der Waals surface area contributed by atoms with E-state index in [9.17, 15) is 4.79 Å². The minimum atomic E-state index is -0.980. The van der Waals surface area contributed by atoms with Crippen LogP contribution in [0.25, 0.3) is 0 Å². The monoisotopic (exact) mass is 181 g/mol. The second-order valence-electron chi connectivity index (χ2n) is 2.61. The van der Waals surface area contributed by atoms with Gasteiger partial charge in [0.25, 0.3) is 0 Å². The van der Waals surface area contributed by atoms with Crippen molar-refractivity contribution in [2.24, 2.45) is 5.73 Å². The van der Waals surface area contributed by atoms with E-state index in [4.69, 9.17) is 10.8 Å². The van der Waals surface area contributed by atoms with E-state index < -0.39 is 12.0 Å². The number of hydrogen-bond donors (Lipinski definition) is 2. The number of carboxylic acids is 1. The van der Waals surface area contributed by atoms with E-state index in [-0.39, 0.29) is 0 Å². The van der Waals surface area contributed by atoms with Gasteiger partial charge in [0, 0.05) is 0 Å². The van der Waals surface area contributed by atoms with Crippen LogP contribution in [0.2, 0.25) is 0 Å². The van der Waals surface area contributed by atoms with Crippen molar-refractivity contribution in [3.05, 3.63) is 36.5 Å². The lowest BCUT2D eigenvalue weighted by atomic mass is 10.1. The van der Waals surface area contributed by atoms with Crippen LogP contribution in [0.15, 0.2) is 36.5 Å². The second-order valence-corrected chi connectivity index (χ2v) is 2.61. The predicted octanol–water partition coefficient (Wildman–Crippen LogP) is 1.48. The molecule has 0 aromatic carbocycles. The Morgan fingerprint density at radius 2 is 2.31 bits per heavy atom. The Labute approximate surface area is 78.3 Å². The van der Waals surface area contributed by atoms with Gasteiger partial charge in [-0.05, 0) is 13.3 Å². The summed E-state index contributed by atoms with van der Waals surface area (Å²) in [5.74, 6) is -0.980. The minimum Gasteiger partial charge on any atom is -0.480 e. The molecule has 0 bridgehead atoms. The number of carbonyl (C=O) groups is 1. The summed E-state index contributed by atoms with van der Waals surface area (Å²) in [7, 11) is 0. The maximum atomic E-state index is 10.4. The molecular weight excluding hydrogens is 166 g/mol. The van der Waals surface area contributed by atoms with Crippen molar-refractivity contribution in [3.8, 4) is 0 Å². The van der Waals surface area contributed by atoms with Gasteiger partial charge in [0.15, 0.2) is 0 Å². The SMILES string of the molecule is C=C/C=C\C(=C/C)CC(N)C(=O)O. The van der Waals surface area contributed by atoms with Crippen LogP contribution in [0.3, 0.4) is 0 Å². The van der Waals surface area contributed by atoms with Crippen LogP contribution in [-0.2, 0) is 4.79 Å². The van der Waals surface area contributed by atoms with Gasteiger partial charge in [-0.3, -0.25) is 4.79 Å². The summed E-state index contributed by atoms with van der Waals surface area (Å²) < 4.78 is 0. The van der Waals surface area contributed by atoms with Crippen molar-refractivity contribution in [1.29, 1.82) is 0 Å². The highest BCUT2D eigenvalue weighted by molar-refractivity contribution is 5.73. The van der Waals surface area contributed by atoms with Gasteiger partial charge in [-0.2, -0.15) is 0 Å². The maximum Gasteiger partial charge on any atom is 0.320 e. The van der Waals surface area contributed by atoms with E-state index in [0.717, 1.165) is 5.57 Å². The highest BCUT2D eigenvalue weighted by Crippen LogP contribution is 2.06. The molecule has 72 valence electrons. The summed E-state index contributed by atoms with van der Waals surface area (Å²) in [6, 6.07) is -0.833. The van der Waals surface area contributed by atoms with Crippen LogP contribution in [-0.4, -0.2) is 17.1 Å². The summed E-state index contributed by atoms with van der Waals surface area (Å²) in [6.45, 7) is 5.36. The van der Waals surface area contributed by atoms with Crippen molar-refractivity contribution < 1.29 is 9.90 Å². The molecular formula is C10H15NO2. The zero-order valence-corrected chi connectivity index (χ0v) is 7.73. The summed E-state index contributed by atoms with van der Waals surface area (Å²) in [5, 5.41) is 8.56. The van der Waals surface area contributed by atoms with Gasteiger partial charge in [-0.25, -0.2) is 0 Å². The van der Waals surface area contributed by atoms with Gasteiger partial charge in [0.2, 0.25) is 0 Å². The quantitative estimate of drug-likeness (QED) is 0.631. The molecule has 0 aliphatic heterocycles. The predicted molar refractivity (Wildman–Crippen MR) is 53.3 cm³/mol. The Hall–Kier alpha value is -1.35. The Morgan fingerprint density at radius 1 is 1.69 bits per heavy atom. The number of nitrogens with two attached hydrogens (primary N) is 1. The Kier molecular flexibility index (Phi) is 5.55. The number of rotatable bonds is 5. The lowest BCUT2D eigenvalue weighted by Gasteiger charge is -2.05. The molecule has 0 saturated heterocycles. The zero-order valence-electron chi connectivity index (χ0n) is 7.73. The standard InChI is InChI=1S/C10H15NO2/c1-3-5-6-8(4-2)7-9(11)10(12)13/h3-6,9H,1,7,11H2,2H3,(H,12,13)/b6-5-,8-4+. The number of hydrogen-bond acceptors (Lipinski definition) is 2. The van der Waals surface area contributed by atoms with Crippen LogP contribution < -0.4 is 5.73 Å². The molecule has 0 fully saturated rings. The van der Waals surface area contributed by atoms with Crippen molar-refractivity contribution in [3.63, 3.8) is 0 Å². The first-order valence-electron chi connectivity index (χ1n) is 4.04. The van der Waals surface area contributed by atoms with E-state index >= 15 is 0 Å². The van der Waals surface area contributed by atoms with E-state index in [1.165, 1.54) is 0 Å². The highest BCUT2D eigenvalue weighted by atomic mass is 16.4. The topological polar surface area (TPSA) is 63.3 Å². The van der Waals surface area contributed by atoms with Crippen LogP contribution in [0.5, 0.6) is 0 Å². The smallest absolute Gasteiger partial charge is 0.320 e. The molecule has 0 radical (unpaired) electrons. The van der Waals surface area contributed by atoms with Gasteiger partial charge >= 0.3 is 5.97 Å². The van der Waals surface area contributed by atoms with Crippen LogP contribution in [0.4, 0.5) is 0 Å². The fourth-order valence-electron chi connectivity index (χ4n) is 0.815. The second kappa shape index (κ2) is 6.20. The molecule has 13 heavy (non-hydrogen) atoms. The first kappa shape index (κ1) is 11.6. The third-order valence-corrected chi connectivity index (χ3v) is 1.59. The third-order valence-electron chi connectivity index (χ3n) is 1.59. The van der Waals surface area contributed by atoms with E-state index in [1.54, 1.807) is 18.2 Å². The number of aliphatic carboxylic acids is 1. The summed E-state index contributed by atoms with van der Waals surface area (Å²) >= 11 is 0. The molecule has 0 spiro atoms. The average molecular weight is 181 g/mol. The molecule has 0 aromatic heterocycles. The molecule has 0 aromatic rings. The Bertz CT molecular complexity index is 241. The fourth-order valence-corrected chi connectivity index (χ4v) is 0.815. The molecule has 0 saturated carbocycles. The molecule has 0 amide bonds. The van der Waals surface area contributed by atoms with Crippen molar-refractivity contribution in [1.82, 2.24) is 0 Å². The maximum absolute atomic E-state index is 10.4. The molecule has 3 N–H and O–H groups in total. The van der Waals surface area contributed by atoms with Gasteiger partial charge in [0.1, 0.15) is 6.04 Å². The Morgan fingerprint density at radius 3 is 2.69 bits per heavy atom. The van der Waals surface area contributed by atoms with Gasteiger partial charge < -0.3 is 10.8 Å². The first-order chi connectivity index (χ1) is 6.11. The number of carboxylic acid groups (broad SMARTS) is 1. The average Bonchev–Trinajstić information content (AvgIpc) is 2.11. The first-order valence-corrected chi connectivity index (χ1v) is 4.04. The minimum absolute atomic E-state index is 0.343. The van der Waals surface area contributed by atoms with Crippen LogP contribution in [0, 0.1) is 0 Å². The largest absolute Gasteiger partial charge is 0.480 e. The highest BCUT2D eigenvalue weighted by Gasteiger charge is 2.11. The summed E-state index contributed by atoms with van der Waals surface area (Å²) in [5.41, 5.74) is 6.26. The molecule has 1 unspecified atom stereocenters. The molecule has 3 heteroatoms. The molecule has 3 nitrogen and oxygen atoms in total. The number of allylic oxidation sites excluding steroid dienone is 4. The normalized spacial score (nSPS) is 14.5. The van der Waals surface area contributed by atoms with E-state index in [1.807, 2.05) is 13.0 Å². The van der Waals surface area contributed by atoms with Crippen molar-refractivity contribution in [2.45, 2.75) is 19.4 Å². The van der Waals surface area contributed by atoms with Gasteiger partial charge in [-0.1, -0.05) is 36.5 Å². The lowest BCUT2D eigenvalue weighted by molar-refractivity contribution is -0.138. The van der Waals surface area contributed by atoms with Gasteiger partial charge in [-0.15, -0.1) is 0 Å². The summed E-state index contributed by atoms with van der Waals surface area (Å²) in [6.07, 6.45) is 7.37. The van der Waals surface area contributed by atoms with Crippen molar-refractivity contribution in [2.75, 3.05) is 0 Å². The van der Waals surface area contributed by atoms with E-state index in [0.29, 0.717) is 6.42 Å². The molecule has 0 rings (SSSR count). The van der Waals surface area contributed by atoms with Crippen molar-refractivity contribution >= 4 is 5.97 Å². The van der Waals surface area contributed by atoms with Crippen LogP contribution in [0.1, 0.15) is 13.3 Å². The van der Waals surface area contributed by atoms with E-state index in [2.05, 4.69) is 6.58 Å². The molecule has 1 atom stereocenters.